The van der Waals surface area contributed by atoms with Gasteiger partial charge in [-0.05, 0) is 54.6 Å². The molecular formula is C23H15Cl2N3O2S. The van der Waals surface area contributed by atoms with Crippen molar-refractivity contribution in [1.29, 1.82) is 5.26 Å². The molecule has 1 atom stereocenters. The molecule has 0 spiro atoms. The molecular weight excluding hydrogens is 453 g/mol. The van der Waals surface area contributed by atoms with E-state index >= 15 is 0 Å². The summed E-state index contributed by atoms with van der Waals surface area (Å²) in [5.74, 6) is 0.644. The highest BCUT2D eigenvalue weighted by Gasteiger charge is 2.31. The van der Waals surface area contributed by atoms with E-state index < -0.39 is 12.1 Å². The van der Waals surface area contributed by atoms with Gasteiger partial charge in [-0.3, -0.25) is 4.79 Å². The first-order valence-electron chi connectivity index (χ1n) is 9.20. The van der Waals surface area contributed by atoms with Crippen LogP contribution in [0.4, 0.5) is 5.69 Å². The Morgan fingerprint density at radius 1 is 1.13 bits per heavy atom. The van der Waals surface area contributed by atoms with Crippen LogP contribution in [0.25, 0.3) is 17.4 Å². The van der Waals surface area contributed by atoms with Crippen LogP contribution in [-0.4, -0.2) is 12.1 Å². The summed E-state index contributed by atoms with van der Waals surface area (Å²) in [5, 5.41) is 13.5. The highest BCUT2D eigenvalue weighted by Crippen LogP contribution is 2.33. The second-order valence-electron chi connectivity index (χ2n) is 6.62. The minimum atomic E-state index is -0.567. The van der Waals surface area contributed by atoms with Crippen molar-refractivity contribution in [3.63, 3.8) is 0 Å². The van der Waals surface area contributed by atoms with Crippen LogP contribution in [0.15, 0.2) is 81.8 Å². The van der Waals surface area contributed by atoms with Gasteiger partial charge < -0.3 is 14.6 Å². The molecule has 2 heterocycles. The minimum Gasteiger partial charge on any atom is -0.457 e. The molecule has 0 radical (unpaired) electrons. The van der Waals surface area contributed by atoms with Crippen molar-refractivity contribution in [2.24, 2.45) is 0 Å². The molecule has 154 valence electrons. The molecule has 0 bridgehead atoms. The van der Waals surface area contributed by atoms with Gasteiger partial charge in [-0.2, -0.15) is 5.26 Å². The Hall–Kier alpha value is -3.11. The van der Waals surface area contributed by atoms with Crippen molar-refractivity contribution >= 4 is 53.5 Å². The number of hydrogen-bond acceptors (Lipinski definition) is 5. The van der Waals surface area contributed by atoms with Crippen LogP contribution >= 0.6 is 35.8 Å². The molecule has 1 aliphatic heterocycles. The first-order chi connectivity index (χ1) is 15.0. The van der Waals surface area contributed by atoms with Gasteiger partial charge in [0, 0.05) is 16.3 Å². The third kappa shape index (κ3) is 4.35. The maximum Gasteiger partial charge on any atom is 0.266 e. The van der Waals surface area contributed by atoms with Crippen LogP contribution in [0.2, 0.25) is 10.0 Å². The number of anilines is 1. The van der Waals surface area contributed by atoms with E-state index in [9.17, 15) is 10.1 Å². The highest BCUT2D eigenvalue weighted by molar-refractivity contribution is 7.84. The number of rotatable bonds is 4. The van der Waals surface area contributed by atoms with Crippen LogP contribution in [0.5, 0.6) is 0 Å². The molecule has 3 aromatic rings. The average molecular weight is 468 g/mol. The molecule has 1 aromatic heterocycles. The van der Waals surface area contributed by atoms with E-state index in [1.165, 1.54) is 0 Å². The molecule has 1 N–H and O–H groups in total. The molecule has 2 aromatic carbocycles. The lowest BCUT2D eigenvalue weighted by Gasteiger charge is -2.36. The van der Waals surface area contributed by atoms with Crippen molar-refractivity contribution in [3.8, 4) is 17.4 Å². The van der Waals surface area contributed by atoms with Gasteiger partial charge in [-0.25, -0.2) is 0 Å². The number of benzene rings is 2. The number of nitriles is 1. The minimum absolute atomic E-state index is 0.0484. The summed E-state index contributed by atoms with van der Waals surface area (Å²) < 4.78 is 5.89. The van der Waals surface area contributed by atoms with Gasteiger partial charge in [0.2, 0.25) is 0 Å². The number of furan rings is 1. The molecule has 0 fully saturated rings. The summed E-state index contributed by atoms with van der Waals surface area (Å²) in [5.41, 5.74) is 1.42. The van der Waals surface area contributed by atoms with Gasteiger partial charge in [0.15, 0.2) is 0 Å². The van der Waals surface area contributed by atoms with Crippen molar-refractivity contribution in [2.75, 3.05) is 4.90 Å². The number of amides is 1. The molecule has 0 unspecified atom stereocenters. The molecule has 1 amide bonds. The predicted molar refractivity (Wildman–Crippen MR) is 126 cm³/mol. The monoisotopic (exact) mass is 467 g/mol. The number of thiol groups is 1. The summed E-state index contributed by atoms with van der Waals surface area (Å²) in [6.07, 6.45) is 2.93. The fourth-order valence-electron chi connectivity index (χ4n) is 3.19. The normalized spacial score (nSPS) is 16.5. The molecule has 5 nitrogen and oxygen atoms in total. The Balaban J connectivity index is 1.66. The first-order valence-corrected chi connectivity index (χ1v) is 10.4. The Bertz CT molecular complexity index is 1250. The van der Waals surface area contributed by atoms with Crippen molar-refractivity contribution < 1.29 is 9.21 Å². The van der Waals surface area contributed by atoms with Crippen molar-refractivity contribution in [3.05, 3.63) is 93.1 Å². The standard InChI is InChI=1S/C23H15Cl2N3O2S/c24-14-6-9-19(25)17(12-14)20-10-7-16(30-20)8-11-21-27-22(29)18(13-26)23(31)28(21)15-4-2-1-3-5-15/h1-12,21,31H,(H,27,29)/b11-8+/t21-/m1/s1. The summed E-state index contributed by atoms with van der Waals surface area (Å²) in [4.78, 5) is 14.1. The Kier molecular flexibility index (Phi) is 6.10. The maximum atomic E-state index is 12.3. The largest absolute Gasteiger partial charge is 0.457 e. The van der Waals surface area contributed by atoms with Crippen LogP contribution in [0.3, 0.4) is 0 Å². The zero-order chi connectivity index (χ0) is 22.0. The van der Waals surface area contributed by atoms with E-state index in [0.29, 0.717) is 27.1 Å². The van der Waals surface area contributed by atoms with E-state index in [4.69, 9.17) is 27.6 Å². The van der Waals surface area contributed by atoms with Gasteiger partial charge in [0.05, 0.1) is 10.1 Å². The average Bonchev–Trinajstić information content (AvgIpc) is 3.23. The molecule has 8 heteroatoms. The molecule has 31 heavy (non-hydrogen) atoms. The number of nitrogens with one attached hydrogen (secondary N) is 1. The number of hydrogen-bond donors (Lipinski definition) is 2. The molecule has 0 aliphatic carbocycles. The van der Waals surface area contributed by atoms with E-state index in [2.05, 4.69) is 17.9 Å². The maximum absolute atomic E-state index is 12.3. The third-order valence-electron chi connectivity index (χ3n) is 4.65. The molecule has 1 aliphatic rings. The molecule has 4 rings (SSSR count). The number of carbonyl (C=O) groups is 1. The number of nitrogens with zero attached hydrogens (tertiary/aromatic N) is 2. The summed E-state index contributed by atoms with van der Waals surface area (Å²) in [6, 6.07) is 20.0. The van der Waals surface area contributed by atoms with Crippen molar-refractivity contribution in [1.82, 2.24) is 5.32 Å². The van der Waals surface area contributed by atoms with Crippen LogP contribution in [0, 0.1) is 11.3 Å². The fraction of sp³-hybridized carbons (Fsp3) is 0.0435. The number of para-hydroxylation sites is 1. The fourth-order valence-corrected chi connectivity index (χ4v) is 3.96. The van der Waals surface area contributed by atoms with Crippen LogP contribution in [0.1, 0.15) is 5.76 Å². The van der Waals surface area contributed by atoms with Gasteiger partial charge in [-0.1, -0.05) is 41.4 Å². The van der Waals surface area contributed by atoms with Gasteiger partial charge in [-0.15, -0.1) is 12.6 Å². The van der Waals surface area contributed by atoms with E-state index in [-0.39, 0.29) is 10.6 Å². The van der Waals surface area contributed by atoms with Crippen LogP contribution in [-0.2, 0) is 4.79 Å². The van der Waals surface area contributed by atoms with E-state index in [1.54, 1.807) is 47.4 Å². The first kappa shape index (κ1) is 21.1. The van der Waals surface area contributed by atoms with E-state index in [1.807, 2.05) is 36.4 Å². The highest BCUT2D eigenvalue weighted by atomic mass is 35.5. The number of carbonyl (C=O) groups excluding carboxylic acids is 1. The van der Waals surface area contributed by atoms with Gasteiger partial charge in [0.25, 0.3) is 5.91 Å². The summed E-state index contributed by atoms with van der Waals surface area (Å²) in [7, 11) is 0. The number of halogens is 2. The Labute approximate surface area is 194 Å². The predicted octanol–water partition coefficient (Wildman–Crippen LogP) is 5.89. The topological polar surface area (TPSA) is 69.3 Å². The zero-order valence-electron chi connectivity index (χ0n) is 15.9. The summed E-state index contributed by atoms with van der Waals surface area (Å²) in [6.45, 7) is 0. The quantitative estimate of drug-likeness (QED) is 0.469. The Morgan fingerprint density at radius 2 is 1.90 bits per heavy atom. The van der Waals surface area contributed by atoms with Gasteiger partial charge >= 0.3 is 0 Å². The van der Waals surface area contributed by atoms with Crippen molar-refractivity contribution in [2.45, 2.75) is 6.17 Å². The van der Waals surface area contributed by atoms with Crippen LogP contribution < -0.4 is 10.2 Å². The smallest absolute Gasteiger partial charge is 0.266 e. The third-order valence-corrected chi connectivity index (χ3v) is 5.65. The lowest BCUT2D eigenvalue weighted by Crippen LogP contribution is -2.51. The molecule has 0 saturated carbocycles. The Morgan fingerprint density at radius 3 is 2.65 bits per heavy atom. The lowest BCUT2D eigenvalue weighted by atomic mass is 10.1. The van der Waals surface area contributed by atoms with E-state index in [0.717, 1.165) is 5.69 Å². The second kappa shape index (κ2) is 8.94. The zero-order valence-corrected chi connectivity index (χ0v) is 18.3. The van der Waals surface area contributed by atoms with Gasteiger partial charge in [0.1, 0.15) is 29.3 Å². The second-order valence-corrected chi connectivity index (χ2v) is 7.89. The molecule has 0 saturated heterocycles. The lowest BCUT2D eigenvalue weighted by molar-refractivity contribution is -0.117. The SMILES string of the molecule is N#CC1=C(S)N(c2ccccc2)[C@H](/C=C/c2ccc(-c3cc(Cl)ccc3Cl)o2)NC1=O. The summed E-state index contributed by atoms with van der Waals surface area (Å²) >= 11 is 16.8.